The highest BCUT2D eigenvalue weighted by atomic mass is 31.2. The molecule has 0 saturated heterocycles. The average Bonchev–Trinajstić information content (AvgIpc) is 3.20. The Morgan fingerprint density at radius 1 is 0.569 bits per heavy atom. The van der Waals surface area contributed by atoms with Crippen LogP contribution in [0.5, 0.6) is 0 Å². The van der Waals surface area contributed by atoms with E-state index in [1.807, 2.05) is 54.7 Å². The second-order valence-electron chi connectivity index (χ2n) is 13.5. The van der Waals surface area contributed by atoms with E-state index in [1.54, 1.807) is 0 Å². The van der Waals surface area contributed by atoms with Crippen LogP contribution in [-0.4, -0.2) is 59.9 Å². The van der Waals surface area contributed by atoms with Crippen molar-refractivity contribution in [2.45, 2.75) is 142 Å². The minimum atomic E-state index is -4.75. The van der Waals surface area contributed by atoms with Gasteiger partial charge in [0.15, 0.2) is 6.10 Å². The number of carbonyl (C=O) groups is 3. The molecule has 11 nitrogen and oxygen atoms in total. The van der Waals surface area contributed by atoms with E-state index in [9.17, 15) is 23.8 Å². The first-order chi connectivity index (χ1) is 28.1. The van der Waals surface area contributed by atoms with Crippen molar-refractivity contribution in [2.75, 3.05) is 19.8 Å². The molecule has 3 atom stereocenters. The van der Waals surface area contributed by atoms with Gasteiger partial charge < -0.3 is 25.2 Å². The molecule has 0 aromatic heterocycles. The second-order valence-corrected chi connectivity index (χ2v) is 15.0. The molecule has 0 aliphatic heterocycles. The Kier molecular flexibility index (Phi) is 37.3. The van der Waals surface area contributed by atoms with Crippen molar-refractivity contribution in [1.29, 1.82) is 0 Å². The maximum absolute atomic E-state index is 12.6. The van der Waals surface area contributed by atoms with E-state index >= 15 is 0 Å². The Labute approximate surface area is 348 Å². The van der Waals surface area contributed by atoms with E-state index in [0.29, 0.717) is 19.3 Å². The molecule has 2 unspecified atom stereocenters. The van der Waals surface area contributed by atoms with Crippen LogP contribution in [0.4, 0.5) is 0 Å². The Balaban J connectivity index is 4.50. The smallest absolute Gasteiger partial charge is 0.472 e. The lowest BCUT2D eigenvalue weighted by molar-refractivity contribution is -0.161. The number of hydrogen-bond donors (Lipinski definition) is 3. The lowest BCUT2D eigenvalue weighted by Crippen LogP contribution is -2.34. The Hall–Kier alpha value is -3.86. The number of phosphoric ester groups is 1. The van der Waals surface area contributed by atoms with Crippen molar-refractivity contribution in [3.8, 4) is 0 Å². The Morgan fingerprint density at radius 3 is 1.64 bits per heavy atom. The number of allylic oxidation sites excluding steroid dienone is 18. The minimum absolute atomic E-state index is 0.0532. The number of hydrogen-bond acceptors (Lipinski definition) is 9. The first-order valence-corrected chi connectivity index (χ1v) is 22.5. The van der Waals surface area contributed by atoms with E-state index in [-0.39, 0.29) is 12.8 Å². The van der Waals surface area contributed by atoms with Gasteiger partial charge in [-0.15, -0.1) is 0 Å². The quantitative estimate of drug-likeness (QED) is 0.0179. The van der Waals surface area contributed by atoms with Crippen LogP contribution in [0.1, 0.15) is 129 Å². The highest BCUT2D eigenvalue weighted by Crippen LogP contribution is 2.43. The molecule has 12 heteroatoms. The first kappa shape index (κ1) is 54.1. The van der Waals surface area contributed by atoms with Gasteiger partial charge >= 0.3 is 25.7 Å². The molecule has 0 aromatic carbocycles. The Morgan fingerprint density at radius 2 is 1.05 bits per heavy atom. The van der Waals surface area contributed by atoms with Gasteiger partial charge in [0.2, 0.25) is 0 Å². The zero-order chi connectivity index (χ0) is 42.8. The van der Waals surface area contributed by atoms with Crippen LogP contribution in [0.3, 0.4) is 0 Å². The number of unbranched alkanes of at least 4 members (excludes halogenated alkanes) is 9. The van der Waals surface area contributed by atoms with Crippen LogP contribution in [-0.2, 0) is 37.5 Å². The highest BCUT2D eigenvalue weighted by Gasteiger charge is 2.28. The van der Waals surface area contributed by atoms with Crippen molar-refractivity contribution in [2.24, 2.45) is 5.73 Å². The van der Waals surface area contributed by atoms with Gasteiger partial charge in [0.1, 0.15) is 12.6 Å². The van der Waals surface area contributed by atoms with E-state index in [2.05, 4.69) is 73.1 Å². The zero-order valence-electron chi connectivity index (χ0n) is 35.1. The molecule has 0 bridgehead atoms. The SMILES string of the molecule is CC/C=C/C=C/C=C/C=C/C=C/CCCC(=O)OC(COC(=O)CCCCCCC/C=C/C/C=C/C/C=C/C/C=C/CCCCC)COP(=O)(O)OC[C@H](N)C(=O)O. The molecular formula is C46H72NO10P. The van der Waals surface area contributed by atoms with Gasteiger partial charge in [0.25, 0.3) is 0 Å². The summed E-state index contributed by atoms with van der Waals surface area (Å²) in [5.74, 6) is -2.52. The van der Waals surface area contributed by atoms with Crippen LogP contribution < -0.4 is 5.73 Å². The van der Waals surface area contributed by atoms with Gasteiger partial charge in [0.05, 0.1) is 13.2 Å². The first-order valence-electron chi connectivity index (χ1n) is 21.0. The van der Waals surface area contributed by atoms with Crippen LogP contribution >= 0.6 is 7.82 Å². The molecule has 0 aliphatic rings. The number of carbonyl (C=O) groups excluding carboxylic acids is 2. The van der Waals surface area contributed by atoms with E-state index in [1.165, 1.54) is 25.7 Å². The molecule has 0 amide bonds. The lowest BCUT2D eigenvalue weighted by atomic mass is 10.1. The standard InChI is InChI=1S/C46H72NO10P/c1-3-5-7-9-11-13-15-17-18-19-20-21-22-23-24-26-27-29-31-33-35-37-44(48)54-39-42(40-55-58(52,53)56-41-43(47)46(50)51)57-45(49)38-36-34-32-30-28-25-16-14-12-10-8-6-4-2/h6,8,10-14,16-18,20-21,23-25,28,30,32,42-43H,3-5,7,9,15,19,22,26-27,29,31,33-41,47H2,1-2H3,(H,50,51)(H,52,53)/b8-6+,12-10+,13-11+,16-14+,18-17+,21-20+,24-23+,28-25+,32-30+/t42?,43-/m0/s1. The molecule has 0 radical (unpaired) electrons. The summed E-state index contributed by atoms with van der Waals surface area (Å²) in [6.07, 6.45) is 51.7. The third kappa shape index (κ3) is 39.0. The molecule has 0 spiro atoms. The molecule has 0 aromatic rings. The summed E-state index contributed by atoms with van der Waals surface area (Å²) in [4.78, 5) is 45.9. The molecule has 0 heterocycles. The molecule has 4 N–H and O–H groups in total. The fourth-order valence-electron chi connectivity index (χ4n) is 4.84. The van der Waals surface area contributed by atoms with E-state index < -0.39 is 57.7 Å². The second kappa shape index (κ2) is 39.9. The van der Waals surface area contributed by atoms with Gasteiger partial charge in [0, 0.05) is 12.8 Å². The fraction of sp³-hybridized carbons (Fsp3) is 0.543. The number of carboxylic acids is 1. The summed E-state index contributed by atoms with van der Waals surface area (Å²) < 4.78 is 32.5. The highest BCUT2D eigenvalue weighted by molar-refractivity contribution is 7.47. The summed E-state index contributed by atoms with van der Waals surface area (Å²) in [7, 11) is -4.75. The molecule has 326 valence electrons. The largest absolute Gasteiger partial charge is 0.480 e. The van der Waals surface area contributed by atoms with Gasteiger partial charge in [-0.3, -0.25) is 23.4 Å². The van der Waals surface area contributed by atoms with Crippen molar-refractivity contribution < 1.29 is 47.5 Å². The van der Waals surface area contributed by atoms with Gasteiger partial charge in [-0.05, 0) is 70.6 Å². The molecule has 0 fully saturated rings. The van der Waals surface area contributed by atoms with Gasteiger partial charge in [-0.1, -0.05) is 155 Å². The lowest BCUT2D eigenvalue weighted by Gasteiger charge is -2.20. The number of nitrogens with two attached hydrogens (primary N) is 1. The average molecular weight is 830 g/mol. The predicted octanol–water partition coefficient (Wildman–Crippen LogP) is 11.1. The van der Waals surface area contributed by atoms with Crippen molar-refractivity contribution in [1.82, 2.24) is 0 Å². The zero-order valence-corrected chi connectivity index (χ0v) is 36.0. The van der Waals surface area contributed by atoms with Gasteiger partial charge in [-0.2, -0.15) is 0 Å². The normalized spacial score (nSPS) is 14.8. The number of rotatable bonds is 37. The number of esters is 2. The molecule has 58 heavy (non-hydrogen) atoms. The number of carboxylic acid groups (broad SMARTS) is 1. The molecule has 0 saturated carbocycles. The van der Waals surface area contributed by atoms with Crippen LogP contribution in [0.15, 0.2) is 109 Å². The predicted molar refractivity (Wildman–Crippen MR) is 235 cm³/mol. The van der Waals surface area contributed by atoms with Gasteiger partial charge in [-0.25, -0.2) is 4.57 Å². The summed E-state index contributed by atoms with van der Waals surface area (Å²) in [5.41, 5.74) is 5.32. The van der Waals surface area contributed by atoms with E-state index in [4.69, 9.17) is 24.8 Å². The third-order valence-corrected chi connectivity index (χ3v) is 9.08. The van der Waals surface area contributed by atoms with Crippen LogP contribution in [0, 0.1) is 0 Å². The van der Waals surface area contributed by atoms with E-state index in [0.717, 1.165) is 57.8 Å². The monoisotopic (exact) mass is 829 g/mol. The number of phosphoric acid groups is 1. The van der Waals surface area contributed by atoms with Crippen molar-refractivity contribution in [3.63, 3.8) is 0 Å². The summed E-state index contributed by atoms with van der Waals surface area (Å²) in [5, 5.41) is 8.88. The van der Waals surface area contributed by atoms with Crippen LogP contribution in [0.2, 0.25) is 0 Å². The topological polar surface area (TPSA) is 172 Å². The maximum Gasteiger partial charge on any atom is 0.472 e. The maximum atomic E-state index is 12.6. The number of aliphatic carboxylic acids is 1. The molecule has 0 rings (SSSR count). The molecular weight excluding hydrogens is 757 g/mol. The summed E-state index contributed by atoms with van der Waals surface area (Å²) in [6, 6.07) is -1.54. The summed E-state index contributed by atoms with van der Waals surface area (Å²) in [6.45, 7) is 2.50. The van der Waals surface area contributed by atoms with Crippen molar-refractivity contribution >= 4 is 25.7 Å². The van der Waals surface area contributed by atoms with Crippen molar-refractivity contribution in [3.05, 3.63) is 109 Å². The fourth-order valence-corrected chi connectivity index (χ4v) is 5.62. The third-order valence-electron chi connectivity index (χ3n) is 8.13. The number of ether oxygens (including phenoxy) is 2. The van der Waals surface area contributed by atoms with Crippen LogP contribution in [0.25, 0.3) is 0 Å². The molecule has 0 aliphatic carbocycles. The Bertz CT molecular complexity index is 1390. The minimum Gasteiger partial charge on any atom is -0.480 e. The summed E-state index contributed by atoms with van der Waals surface area (Å²) >= 11 is 0.